The zero-order valence-electron chi connectivity index (χ0n) is 15.5. The van der Waals surface area contributed by atoms with Crippen LogP contribution in [-0.4, -0.2) is 59.7 Å². The maximum Gasteiger partial charge on any atom is 0.253 e. The van der Waals surface area contributed by atoms with Crippen molar-refractivity contribution < 1.29 is 9.90 Å². The summed E-state index contributed by atoms with van der Waals surface area (Å²) in [6.07, 6.45) is 5.31. The summed E-state index contributed by atoms with van der Waals surface area (Å²) < 4.78 is 0. The SMILES string of the molecule is CN(C)C1=Nc2ncc(C(=O)NC3CCC(C(C)(C)O)CC3)cc2B1. The van der Waals surface area contributed by atoms with Gasteiger partial charge >= 0.3 is 0 Å². The Hall–Kier alpha value is -1.89. The molecule has 2 aliphatic rings. The highest BCUT2D eigenvalue weighted by molar-refractivity contribution is 6.87. The molecule has 0 saturated heterocycles. The van der Waals surface area contributed by atoms with Gasteiger partial charge in [-0.2, -0.15) is 0 Å². The van der Waals surface area contributed by atoms with Gasteiger partial charge in [0.25, 0.3) is 5.91 Å². The molecule has 2 heterocycles. The number of hydrogen-bond donors (Lipinski definition) is 2. The minimum atomic E-state index is -0.636. The normalized spacial score (nSPS) is 22.7. The second-order valence-corrected chi connectivity index (χ2v) is 7.98. The van der Waals surface area contributed by atoms with Gasteiger partial charge in [0.1, 0.15) is 5.82 Å². The van der Waals surface area contributed by atoms with Gasteiger partial charge in [0.15, 0.2) is 0 Å². The summed E-state index contributed by atoms with van der Waals surface area (Å²) in [5.41, 5.74) is 1.92. The highest BCUT2D eigenvalue weighted by atomic mass is 16.3. The number of aliphatic hydroxyl groups is 1. The predicted octanol–water partition coefficient (Wildman–Crippen LogP) is 0.766. The molecule has 2 N–H and O–H groups in total. The molecule has 1 aromatic heterocycles. The highest BCUT2D eigenvalue weighted by Crippen LogP contribution is 2.32. The smallest absolute Gasteiger partial charge is 0.253 e. The quantitative estimate of drug-likeness (QED) is 0.796. The molecular formula is C18H27BN4O2. The van der Waals surface area contributed by atoms with Gasteiger partial charge in [0.2, 0.25) is 7.28 Å². The first-order valence-electron chi connectivity index (χ1n) is 9.01. The molecule has 1 amide bonds. The Morgan fingerprint density at radius 1 is 1.32 bits per heavy atom. The van der Waals surface area contributed by atoms with Gasteiger partial charge in [-0.3, -0.25) is 4.79 Å². The molecule has 6 nitrogen and oxygen atoms in total. The Balaban J connectivity index is 1.59. The minimum Gasteiger partial charge on any atom is -0.390 e. The Bertz CT molecular complexity index is 689. The molecule has 1 fully saturated rings. The number of amides is 1. The first kappa shape index (κ1) is 17.9. The van der Waals surface area contributed by atoms with Crippen LogP contribution in [-0.2, 0) is 0 Å². The van der Waals surface area contributed by atoms with Crippen LogP contribution in [0.3, 0.4) is 0 Å². The van der Waals surface area contributed by atoms with Crippen LogP contribution in [0.4, 0.5) is 5.82 Å². The Morgan fingerprint density at radius 3 is 2.60 bits per heavy atom. The lowest BCUT2D eigenvalue weighted by Gasteiger charge is -2.36. The van der Waals surface area contributed by atoms with Crippen molar-refractivity contribution in [2.24, 2.45) is 10.9 Å². The summed E-state index contributed by atoms with van der Waals surface area (Å²) in [5, 5.41) is 13.3. The Labute approximate surface area is 150 Å². The van der Waals surface area contributed by atoms with Crippen molar-refractivity contribution >= 4 is 30.2 Å². The monoisotopic (exact) mass is 342 g/mol. The number of aromatic nitrogens is 1. The number of rotatable bonds is 3. The molecule has 1 aliphatic heterocycles. The van der Waals surface area contributed by atoms with Crippen LogP contribution < -0.4 is 10.8 Å². The number of carbonyl (C=O) groups excluding carboxylic acids is 1. The van der Waals surface area contributed by atoms with E-state index in [-0.39, 0.29) is 11.9 Å². The molecule has 0 unspecified atom stereocenters. The van der Waals surface area contributed by atoms with E-state index >= 15 is 0 Å². The molecule has 1 aromatic rings. The number of pyridine rings is 1. The molecule has 3 rings (SSSR count). The van der Waals surface area contributed by atoms with Gasteiger partial charge in [-0.15, -0.1) is 0 Å². The number of aliphatic imine (C=N–C) groups is 1. The van der Waals surface area contributed by atoms with E-state index in [1.54, 1.807) is 6.20 Å². The summed E-state index contributed by atoms with van der Waals surface area (Å²) in [5.74, 6) is 0.954. The van der Waals surface area contributed by atoms with E-state index in [1.165, 1.54) is 0 Å². The molecule has 7 heteroatoms. The first-order chi connectivity index (χ1) is 11.7. The number of nitrogens with one attached hydrogen (secondary N) is 1. The zero-order chi connectivity index (χ0) is 18.2. The third-order valence-electron chi connectivity index (χ3n) is 5.37. The van der Waals surface area contributed by atoms with E-state index in [0.717, 1.165) is 36.9 Å². The number of nitrogens with zero attached hydrogens (tertiary/aromatic N) is 3. The summed E-state index contributed by atoms with van der Waals surface area (Å²) >= 11 is 0. The summed E-state index contributed by atoms with van der Waals surface area (Å²) in [4.78, 5) is 23.3. The largest absolute Gasteiger partial charge is 0.390 e. The first-order valence-corrected chi connectivity index (χ1v) is 9.01. The van der Waals surface area contributed by atoms with Crippen molar-refractivity contribution in [3.05, 3.63) is 17.8 Å². The lowest BCUT2D eigenvalue weighted by atomic mass is 9.70. The molecule has 1 aliphatic carbocycles. The third-order valence-corrected chi connectivity index (χ3v) is 5.37. The number of amidine groups is 1. The molecule has 0 spiro atoms. The van der Waals surface area contributed by atoms with E-state index < -0.39 is 5.60 Å². The molecule has 134 valence electrons. The highest BCUT2D eigenvalue weighted by Gasteiger charge is 2.32. The molecule has 0 atom stereocenters. The number of hydrogen-bond acceptors (Lipinski definition) is 5. The van der Waals surface area contributed by atoms with E-state index in [1.807, 2.05) is 38.9 Å². The van der Waals surface area contributed by atoms with Crippen LogP contribution in [0.2, 0.25) is 0 Å². The molecular weight excluding hydrogens is 315 g/mol. The van der Waals surface area contributed by atoms with Crippen LogP contribution in [0, 0.1) is 5.92 Å². The van der Waals surface area contributed by atoms with Crippen molar-refractivity contribution in [3.8, 4) is 0 Å². The van der Waals surface area contributed by atoms with Crippen LogP contribution in [0.1, 0.15) is 49.9 Å². The molecule has 0 bridgehead atoms. The molecule has 1 saturated carbocycles. The summed E-state index contributed by atoms with van der Waals surface area (Å²) in [6.45, 7) is 3.74. The Kier molecular flexibility index (Phi) is 4.87. The fraction of sp³-hybridized carbons (Fsp3) is 0.611. The standard InChI is InChI=1S/C18H27BN4O2/c1-18(2,25)12-5-7-13(8-6-12)21-16(24)11-9-14-15(20-10-11)22-17(19-14)23(3)4/h9-10,12-13,19,25H,5-8H2,1-4H3,(H,21,24). The van der Waals surface area contributed by atoms with Gasteiger partial charge in [-0.05, 0) is 57.0 Å². The fourth-order valence-electron chi connectivity index (χ4n) is 3.66. The van der Waals surface area contributed by atoms with Crippen molar-refractivity contribution in [2.45, 2.75) is 51.2 Å². The van der Waals surface area contributed by atoms with Crippen LogP contribution in [0.5, 0.6) is 0 Å². The van der Waals surface area contributed by atoms with Crippen molar-refractivity contribution in [1.29, 1.82) is 0 Å². The summed E-state index contributed by atoms with van der Waals surface area (Å²) in [7, 11) is 4.64. The lowest BCUT2D eigenvalue weighted by molar-refractivity contribution is -0.00257. The second kappa shape index (κ2) is 6.79. The van der Waals surface area contributed by atoms with E-state index in [2.05, 4.69) is 15.3 Å². The van der Waals surface area contributed by atoms with Gasteiger partial charge in [-0.1, -0.05) is 0 Å². The average molecular weight is 342 g/mol. The average Bonchev–Trinajstić information content (AvgIpc) is 2.98. The molecule has 25 heavy (non-hydrogen) atoms. The Morgan fingerprint density at radius 2 is 2.00 bits per heavy atom. The van der Waals surface area contributed by atoms with Gasteiger partial charge in [0.05, 0.1) is 16.9 Å². The van der Waals surface area contributed by atoms with E-state index in [9.17, 15) is 9.90 Å². The maximum absolute atomic E-state index is 12.6. The van der Waals surface area contributed by atoms with Crippen LogP contribution >= 0.6 is 0 Å². The molecule has 0 aromatic carbocycles. The predicted molar refractivity (Wildman–Crippen MR) is 101 cm³/mol. The van der Waals surface area contributed by atoms with Crippen molar-refractivity contribution in [3.63, 3.8) is 0 Å². The maximum atomic E-state index is 12.6. The van der Waals surface area contributed by atoms with E-state index in [0.29, 0.717) is 24.6 Å². The topological polar surface area (TPSA) is 77.8 Å². The van der Waals surface area contributed by atoms with Gasteiger partial charge in [-0.25, -0.2) is 9.98 Å². The number of carbonyl (C=O) groups is 1. The van der Waals surface area contributed by atoms with Gasteiger partial charge in [0, 0.05) is 26.3 Å². The van der Waals surface area contributed by atoms with Crippen molar-refractivity contribution in [1.82, 2.24) is 15.2 Å². The van der Waals surface area contributed by atoms with Crippen LogP contribution in [0.25, 0.3) is 0 Å². The minimum absolute atomic E-state index is 0.0692. The van der Waals surface area contributed by atoms with E-state index in [4.69, 9.17) is 0 Å². The summed E-state index contributed by atoms with van der Waals surface area (Å²) in [6, 6.07) is 2.08. The lowest BCUT2D eigenvalue weighted by Crippen LogP contribution is -2.42. The van der Waals surface area contributed by atoms with Crippen molar-refractivity contribution in [2.75, 3.05) is 14.1 Å². The third kappa shape index (κ3) is 4.03. The second-order valence-electron chi connectivity index (χ2n) is 7.98. The molecule has 0 radical (unpaired) electrons. The van der Waals surface area contributed by atoms with Gasteiger partial charge < -0.3 is 15.3 Å². The zero-order valence-corrected chi connectivity index (χ0v) is 15.5. The van der Waals surface area contributed by atoms with Crippen LogP contribution in [0.15, 0.2) is 17.3 Å². The number of fused-ring (bicyclic) bond motifs is 1. The fourth-order valence-corrected chi connectivity index (χ4v) is 3.66.